The summed E-state index contributed by atoms with van der Waals surface area (Å²) in [5, 5.41) is 9.58. The number of nitrogens with zero attached hydrogens (tertiary/aromatic N) is 4. The van der Waals surface area contributed by atoms with E-state index in [-0.39, 0.29) is 29.1 Å². The summed E-state index contributed by atoms with van der Waals surface area (Å²) in [7, 11) is 3.61. The number of fused-ring (bicyclic) bond motifs is 4. The van der Waals surface area contributed by atoms with Crippen LogP contribution >= 0.6 is 0 Å². The second-order valence-electron chi connectivity index (χ2n) is 9.80. The summed E-state index contributed by atoms with van der Waals surface area (Å²) in [5.74, 6) is 0.0913. The van der Waals surface area contributed by atoms with Gasteiger partial charge in [-0.2, -0.15) is 5.26 Å². The number of carbonyl (C=O) groups is 1. The van der Waals surface area contributed by atoms with Crippen LogP contribution in [0.5, 0.6) is 5.75 Å². The van der Waals surface area contributed by atoms with Gasteiger partial charge in [-0.05, 0) is 46.0 Å². The maximum Gasteiger partial charge on any atom is 0.306 e. The summed E-state index contributed by atoms with van der Waals surface area (Å²) in [6.45, 7) is 7.35. The van der Waals surface area contributed by atoms with E-state index in [4.69, 9.17) is 9.47 Å². The zero-order valence-electron chi connectivity index (χ0n) is 19.7. The standard InChI is InChI=1S/C24H33FN4O3/c1-24(2,3)32-21(30)9-8-16-7-6-10-29-13-17(16)14-31-20-11-19(27-15-28(4)5)18(12-26)22(25)23(20)29/h11,15-17H,6-10,13-14H2,1-5H3/b27-15+/t16?,17-/m0/s1. The van der Waals surface area contributed by atoms with Gasteiger partial charge in [0.1, 0.15) is 28.7 Å². The molecule has 1 aromatic rings. The van der Waals surface area contributed by atoms with E-state index in [1.165, 1.54) is 6.34 Å². The Morgan fingerprint density at radius 2 is 2.22 bits per heavy atom. The second kappa shape index (κ2) is 9.76. The van der Waals surface area contributed by atoms with Crippen LogP contribution in [-0.2, 0) is 9.53 Å². The van der Waals surface area contributed by atoms with Crippen LogP contribution in [0.15, 0.2) is 11.1 Å². The predicted octanol–water partition coefficient (Wildman–Crippen LogP) is 4.27. The topological polar surface area (TPSA) is 78.2 Å². The minimum absolute atomic E-state index is 0.0744. The number of esters is 1. The van der Waals surface area contributed by atoms with E-state index in [0.29, 0.717) is 37.6 Å². The first-order chi connectivity index (χ1) is 15.1. The number of benzene rings is 1. The third-order valence-electron chi connectivity index (χ3n) is 5.76. The summed E-state index contributed by atoms with van der Waals surface area (Å²) in [6.07, 6.45) is 4.45. The molecule has 0 spiro atoms. The van der Waals surface area contributed by atoms with Crippen LogP contribution in [0.25, 0.3) is 0 Å². The van der Waals surface area contributed by atoms with Crippen molar-refractivity contribution in [2.75, 3.05) is 38.7 Å². The van der Waals surface area contributed by atoms with E-state index in [1.54, 1.807) is 11.0 Å². The van der Waals surface area contributed by atoms with Crippen molar-refractivity contribution < 1.29 is 18.7 Å². The molecular formula is C24H33FN4O3. The van der Waals surface area contributed by atoms with Gasteiger partial charge in [-0.25, -0.2) is 9.38 Å². The normalized spacial score (nSPS) is 20.6. The monoisotopic (exact) mass is 444 g/mol. The van der Waals surface area contributed by atoms with Gasteiger partial charge >= 0.3 is 5.97 Å². The summed E-state index contributed by atoms with van der Waals surface area (Å²) >= 11 is 0. The molecule has 2 aliphatic rings. The van der Waals surface area contributed by atoms with Crippen LogP contribution in [0.3, 0.4) is 0 Å². The first kappa shape index (κ1) is 23.8. The molecule has 7 nitrogen and oxygen atoms in total. The fourth-order valence-corrected chi connectivity index (χ4v) is 4.36. The van der Waals surface area contributed by atoms with Crippen molar-refractivity contribution in [3.05, 3.63) is 17.4 Å². The summed E-state index contributed by atoms with van der Waals surface area (Å²) < 4.78 is 27.0. The second-order valence-corrected chi connectivity index (χ2v) is 9.80. The number of anilines is 1. The molecule has 2 heterocycles. The maximum atomic E-state index is 15.5. The molecule has 1 aromatic carbocycles. The van der Waals surface area contributed by atoms with Crippen molar-refractivity contribution in [2.45, 2.75) is 52.1 Å². The highest BCUT2D eigenvalue weighted by Crippen LogP contribution is 2.43. The van der Waals surface area contributed by atoms with Gasteiger partial charge in [0.15, 0.2) is 5.82 Å². The summed E-state index contributed by atoms with van der Waals surface area (Å²) in [4.78, 5) is 20.2. The lowest BCUT2D eigenvalue weighted by atomic mass is 9.86. The molecule has 8 heteroatoms. The third kappa shape index (κ3) is 5.70. The highest BCUT2D eigenvalue weighted by atomic mass is 19.1. The van der Waals surface area contributed by atoms with Crippen molar-refractivity contribution in [1.29, 1.82) is 5.26 Å². The number of hydrogen-bond donors (Lipinski definition) is 0. The molecule has 1 fully saturated rings. The van der Waals surface area contributed by atoms with Gasteiger partial charge < -0.3 is 19.3 Å². The fraction of sp³-hybridized carbons (Fsp3) is 0.625. The lowest BCUT2D eigenvalue weighted by Crippen LogP contribution is -2.32. The van der Waals surface area contributed by atoms with Crippen LogP contribution in [0, 0.1) is 29.0 Å². The summed E-state index contributed by atoms with van der Waals surface area (Å²) in [5.41, 5.74) is 0.0392. The Hall–Kier alpha value is -2.82. The van der Waals surface area contributed by atoms with Crippen LogP contribution in [0.1, 0.15) is 52.0 Å². The number of halogens is 1. The van der Waals surface area contributed by atoms with E-state index >= 15 is 4.39 Å². The van der Waals surface area contributed by atoms with Crippen LogP contribution in [0.2, 0.25) is 0 Å². The predicted molar refractivity (Wildman–Crippen MR) is 122 cm³/mol. The molecule has 1 saturated heterocycles. The molecule has 1 unspecified atom stereocenters. The summed E-state index contributed by atoms with van der Waals surface area (Å²) in [6, 6.07) is 3.62. The number of aliphatic imine (C=N–C) groups is 1. The maximum absolute atomic E-state index is 15.5. The number of hydrogen-bond acceptors (Lipinski definition) is 6. The Labute approximate surface area is 189 Å². The van der Waals surface area contributed by atoms with E-state index in [0.717, 1.165) is 19.3 Å². The Morgan fingerprint density at radius 1 is 1.47 bits per heavy atom. The average molecular weight is 445 g/mol. The van der Waals surface area contributed by atoms with E-state index in [9.17, 15) is 10.1 Å². The van der Waals surface area contributed by atoms with Crippen molar-refractivity contribution >= 4 is 23.7 Å². The van der Waals surface area contributed by atoms with Crippen LogP contribution in [-0.4, -0.2) is 56.6 Å². The molecule has 0 radical (unpaired) electrons. The molecule has 0 aromatic heterocycles. The largest absolute Gasteiger partial charge is 0.491 e. The smallest absolute Gasteiger partial charge is 0.306 e. The quantitative estimate of drug-likeness (QED) is 0.384. The third-order valence-corrected chi connectivity index (χ3v) is 5.76. The Bertz CT molecular complexity index is 917. The number of ether oxygens (including phenoxy) is 2. The minimum atomic E-state index is -0.580. The highest BCUT2D eigenvalue weighted by Gasteiger charge is 2.35. The molecule has 174 valence electrons. The Balaban J connectivity index is 1.82. The zero-order chi connectivity index (χ0) is 23.5. The molecule has 0 amide bonds. The molecule has 2 atom stereocenters. The first-order valence-electron chi connectivity index (χ1n) is 11.2. The van der Waals surface area contributed by atoms with Crippen LogP contribution in [0.4, 0.5) is 15.8 Å². The molecular weight excluding hydrogens is 411 g/mol. The molecule has 0 N–H and O–H groups in total. The lowest BCUT2D eigenvalue weighted by molar-refractivity contribution is -0.155. The fourth-order valence-electron chi connectivity index (χ4n) is 4.36. The zero-order valence-corrected chi connectivity index (χ0v) is 19.7. The van der Waals surface area contributed by atoms with E-state index in [2.05, 4.69) is 4.99 Å². The van der Waals surface area contributed by atoms with Gasteiger partial charge in [0, 0.05) is 45.6 Å². The molecule has 0 aliphatic carbocycles. The van der Waals surface area contributed by atoms with Crippen LogP contribution < -0.4 is 9.64 Å². The van der Waals surface area contributed by atoms with Gasteiger partial charge in [-0.3, -0.25) is 4.79 Å². The average Bonchev–Trinajstić information content (AvgIpc) is 3.00. The van der Waals surface area contributed by atoms with Crippen molar-refractivity contribution in [3.63, 3.8) is 0 Å². The molecule has 0 saturated carbocycles. The lowest BCUT2D eigenvalue weighted by Gasteiger charge is -2.26. The molecule has 2 bridgehead atoms. The molecule has 3 rings (SSSR count). The van der Waals surface area contributed by atoms with Crippen molar-refractivity contribution in [2.24, 2.45) is 16.8 Å². The van der Waals surface area contributed by atoms with Crippen molar-refractivity contribution in [3.8, 4) is 11.8 Å². The number of rotatable bonds is 5. The number of carbonyl (C=O) groups excluding carboxylic acids is 1. The van der Waals surface area contributed by atoms with Gasteiger partial charge in [-0.1, -0.05) is 0 Å². The first-order valence-corrected chi connectivity index (χ1v) is 11.2. The SMILES string of the molecule is CN(C)/C=N/c1cc2c(c(F)c1C#N)N1CCCC(CCC(=O)OC(C)(C)C)[C@H](CO2)C1. The Morgan fingerprint density at radius 3 is 2.88 bits per heavy atom. The van der Waals surface area contributed by atoms with Crippen molar-refractivity contribution in [1.82, 2.24) is 4.90 Å². The van der Waals surface area contributed by atoms with Gasteiger partial charge in [0.2, 0.25) is 0 Å². The minimum Gasteiger partial charge on any atom is -0.491 e. The van der Waals surface area contributed by atoms with Gasteiger partial charge in [0.05, 0.1) is 18.6 Å². The van der Waals surface area contributed by atoms with E-state index in [1.807, 2.05) is 45.8 Å². The Kier molecular flexibility index (Phi) is 7.27. The van der Waals surface area contributed by atoms with Gasteiger partial charge in [0.25, 0.3) is 0 Å². The number of nitriles is 1. The van der Waals surface area contributed by atoms with Gasteiger partial charge in [-0.15, -0.1) is 0 Å². The molecule has 2 aliphatic heterocycles. The van der Waals surface area contributed by atoms with E-state index < -0.39 is 11.4 Å². The highest BCUT2D eigenvalue weighted by molar-refractivity contribution is 5.74. The molecule has 32 heavy (non-hydrogen) atoms.